The van der Waals surface area contributed by atoms with Gasteiger partial charge in [0.15, 0.2) is 0 Å². The predicted octanol–water partition coefficient (Wildman–Crippen LogP) is 3.13. The number of amides is 3. The maximum absolute atomic E-state index is 13.1. The summed E-state index contributed by atoms with van der Waals surface area (Å²) in [6.07, 6.45) is 1.50. The Morgan fingerprint density at radius 3 is 2.46 bits per heavy atom. The highest BCUT2D eigenvalue weighted by molar-refractivity contribution is 6.30. The lowest BCUT2D eigenvalue weighted by Crippen LogP contribution is -2.48. The molecule has 0 N–H and O–H groups in total. The van der Waals surface area contributed by atoms with Crippen molar-refractivity contribution in [2.75, 3.05) is 32.7 Å². The van der Waals surface area contributed by atoms with Crippen molar-refractivity contribution >= 4 is 29.3 Å². The largest absolute Gasteiger partial charge is 0.338 e. The van der Waals surface area contributed by atoms with Gasteiger partial charge in [0, 0.05) is 48.9 Å². The summed E-state index contributed by atoms with van der Waals surface area (Å²) >= 11 is 5.93. The SMILES string of the molecule is C=CCN1C(=O)c2ccc(C(=O)N3CCN(Cc4nc(-c5ccc(Cl)cc5)no4)CC3)cc2C1=O. The Labute approximate surface area is 206 Å². The van der Waals surface area contributed by atoms with Gasteiger partial charge in [-0.15, -0.1) is 6.58 Å². The molecule has 1 saturated heterocycles. The van der Waals surface area contributed by atoms with Crippen LogP contribution in [0.1, 0.15) is 37.0 Å². The van der Waals surface area contributed by atoms with E-state index < -0.39 is 5.91 Å². The van der Waals surface area contributed by atoms with Crippen LogP contribution in [0.15, 0.2) is 59.6 Å². The molecule has 0 radical (unpaired) electrons. The highest BCUT2D eigenvalue weighted by Crippen LogP contribution is 2.25. The van der Waals surface area contributed by atoms with Crippen molar-refractivity contribution in [3.8, 4) is 11.4 Å². The van der Waals surface area contributed by atoms with Crippen LogP contribution < -0.4 is 0 Å². The number of piperazine rings is 1. The maximum Gasteiger partial charge on any atom is 0.261 e. The lowest BCUT2D eigenvalue weighted by atomic mass is 10.0. The van der Waals surface area contributed by atoms with E-state index in [0.717, 1.165) is 10.5 Å². The molecule has 3 aromatic rings. The molecule has 2 aliphatic heterocycles. The second kappa shape index (κ2) is 9.44. The number of benzene rings is 2. The number of aromatic nitrogens is 2. The van der Waals surface area contributed by atoms with Crippen molar-refractivity contribution in [1.82, 2.24) is 24.8 Å². The summed E-state index contributed by atoms with van der Waals surface area (Å²) in [5.74, 6) is 0.0692. The van der Waals surface area contributed by atoms with Gasteiger partial charge < -0.3 is 9.42 Å². The fourth-order valence-corrected chi connectivity index (χ4v) is 4.36. The van der Waals surface area contributed by atoms with Crippen LogP contribution in [-0.4, -0.2) is 75.3 Å². The molecule has 2 aliphatic rings. The summed E-state index contributed by atoms with van der Waals surface area (Å²) in [6, 6.07) is 11.9. The third-order valence-corrected chi connectivity index (χ3v) is 6.37. The minimum absolute atomic E-state index is 0.138. The average Bonchev–Trinajstić information content (AvgIpc) is 3.43. The van der Waals surface area contributed by atoms with Gasteiger partial charge in [-0.2, -0.15) is 4.98 Å². The van der Waals surface area contributed by atoms with E-state index in [1.807, 2.05) is 12.1 Å². The summed E-state index contributed by atoms with van der Waals surface area (Å²) in [5.41, 5.74) is 1.79. The zero-order chi connectivity index (χ0) is 24.5. The number of nitrogens with zero attached hydrogens (tertiary/aromatic N) is 5. The van der Waals surface area contributed by atoms with Crippen LogP contribution in [0.3, 0.4) is 0 Å². The molecule has 5 rings (SSSR count). The van der Waals surface area contributed by atoms with Crippen molar-refractivity contribution < 1.29 is 18.9 Å². The van der Waals surface area contributed by atoms with Crippen molar-refractivity contribution in [3.63, 3.8) is 0 Å². The first-order chi connectivity index (χ1) is 16.9. The molecule has 10 heteroatoms. The molecule has 0 aliphatic carbocycles. The Kier molecular flexibility index (Phi) is 6.19. The molecule has 0 unspecified atom stereocenters. The molecule has 9 nitrogen and oxygen atoms in total. The lowest BCUT2D eigenvalue weighted by Gasteiger charge is -2.34. The maximum atomic E-state index is 13.1. The molecule has 3 amide bonds. The quantitative estimate of drug-likeness (QED) is 0.386. The van der Waals surface area contributed by atoms with Gasteiger partial charge in [0.2, 0.25) is 11.7 Å². The fourth-order valence-electron chi connectivity index (χ4n) is 4.24. The smallest absolute Gasteiger partial charge is 0.261 e. The van der Waals surface area contributed by atoms with Crippen molar-refractivity contribution in [2.45, 2.75) is 6.54 Å². The van der Waals surface area contributed by atoms with Crippen LogP contribution in [0.25, 0.3) is 11.4 Å². The van der Waals surface area contributed by atoms with Crippen molar-refractivity contribution in [3.05, 3.63) is 82.7 Å². The minimum Gasteiger partial charge on any atom is -0.338 e. The lowest BCUT2D eigenvalue weighted by molar-refractivity contribution is 0.0614. The fraction of sp³-hybridized carbons (Fsp3) is 0.240. The first kappa shape index (κ1) is 22.9. The molecule has 1 aromatic heterocycles. The number of fused-ring (bicyclic) bond motifs is 1. The standard InChI is InChI=1S/C25H22ClN5O4/c1-2-9-31-24(33)19-8-5-17(14-20(19)25(31)34)23(32)30-12-10-29(11-13-30)15-21-27-22(28-35-21)16-3-6-18(26)7-4-16/h2-8,14H,1,9-13,15H2. The van der Waals surface area contributed by atoms with Gasteiger partial charge in [0.25, 0.3) is 17.7 Å². The Balaban J connectivity index is 1.20. The number of carbonyl (C=O) groups excluding carboxylic acids is 3. The average molecular weight is 492 g/mol. The number of carbonyl (C=O) groups is 3. The Morgan fingerprint density at radius 1 is 1.03 bits per heavy atom. The first-order valence-electron chi connectivity index (χ1n) is 11.2. The first-order valence-corrected chi connectivity index (χ1v) is 11.5. The third-order valence-electron chi connectivity index (χ3n) is 6.12. The highest BCUT2D eigenvalue weighted by Gasteiger charge is 2.35. The van der Waals surface area contributed by atoms with Gasteiger partial charge in [-0.05, 0) is 42.5 Å². The van der Waals surface area contributed by atoms with Gasteiger partial charge in [-0.1, -0.05) is 22.8 Å². The van der Waals surface area contributed by atoms with E-state index >= 15 is 0 Å². The van der Waals surface area contributed by atoms with E-state index in [0.29, 0.717) is 60.6 Å². The zero-order valence-corrected chi connectivity index (χ0v) is 19.6. The normalized spacial score (nSPS) is 16.0. The molecule has 0 bridgehead atoms. The van der Waals surface area contributed by atoms with E-state index in [4.69, 9.17) is 16.1 Å². The second-order valence-corrected chi connectivity index (χ2v) is 8.79. The third kappa shape index (κ3) is 4.48. The molecular formula is C25H22ClN5O4. The molecule has 35 heavy (non-hydrogen) atoms. The molecule has 0 spiro atoms. The van der Waals surface area contributed by atoms with Gasteiger partial charge in [0.1, 0.15) is 0 Å². The molecule has 178 valence electrons. The number of imide groups is 1. The van der Waals surface area contributed by atoms with E-state index in [1.54, 1.807) is 29.2 Å². The zero-order valence-electron chi connectivity index (χ0n) is 18.8. The Morgan fingerprint density at radius 2 is 1.74 bits per heavy atom. The summed E-state index contributed by atoms with van der Waals surface area (Å²) in [7, 11) is 0. The minimum atomic E-state index is -0.401. The summed E-state index contributed by atoms with van der Waals surface area (Å²) < 4.78 is 5.40. The Bertz CT molecular complexity index is 1310. The molecule has 3 heterocycles. The number of rotatable bonds is 6. The summed E-state index contributed by atoms with van der Waals surface area (Å²) in [4.78, 5) is 47.5. The van der Waals surface area contributed by atoms with Crippen molar-refractivity contribution in [2.24, 2.45) is 0 Å². The van der Waals surface area contributed by atoms with Crippen LogP contribution in [0.5, 0.6) is 0 Å². The second-order valence-electron chi connectivity index (χ2n) is 8.36. The molecule has 2 aromatic carbocycles. The number of hydrogen-bond donors (Lipinski definition) is 0. The van der Waals surface area contributed by atoms with Crippen molar-refractivity contribution in [1.29, 1.82) is 0 Å². The van der Waals surface area contributed by atoms with E-state index in [2.05, 4.69) is 21.6 Å². The van der Waals surface area contributed by atoms with Crippen LogP contribution in [0.2, 0.25) is 5.02 Å². The van der Waals surface area contributed by atoms with Gasteiger partial charge in [0.05, 0.1) is 17.7 Å². The van der Waals surface area contributed by atoms with E-state index in [1.165, 1.54) is 12.1 Å². The van der Waals surface area contributed by atoms with Gasteiger partial charge >= 0.3 is 0 Å². The number of halogens is 1. The predicted molar refractivity (Wildman–Crippen MR) is 128 cm³/mol. The number of hydrogen-bond acceptors (Lipinski definition) is 7. The van der Waals surface area contributed by atoms with Crippen LogP contribution in [0, 0.1) is 0 Å². The molecule has 1 fully saturated rings. The van der Waals surface area contributed by atoms with Crippen LogP contribution in [-0.2, 0) is 6.54 Å². The molecule has 0 atom stereocenters. The van der Waals surface area contributed by atoms with Crippen LogP contribution in [0.4, 0.5) is 0 Å². The molecular weight excluding hydrogens is 470 g/mol. The summed E-state index contributed by atoms with van der Waals surface area (Å²) in [5, 5.41) is 4.68. The Hall–Kier alpha value is -3.82. The van der Waals surface area contributed by atoms with Gasteiger partial charge in [-0.3, -0.25) is 24.2 Å². The van der Waals surface area contributed by atoms with E-state index in [-0.39, 0.29) is 23.9 Å². The monoisotopic (exact) mass is 491 g/mol. The van der Waals surface area contributed by atoms with Crippen LogP contribution >= 0.6 is 11.6 Å². The van der Waals surface area contributed by atoms with E-state index in [9.17, 15) is 14.4 Å². The topological polar surface area (TPSA) is 99.9 Å². The summed E-state index contributed by atoms with van der Waals surface area (Å²) in [6.45, 7) is 6.52. The van der Waals surface area contributed by atoms with Gasteiger partial charge in [-0.25, -0.2) is 0 Å². The molecule has 0 saturated carbocycles. The highest BCUT2D eigenvalue weighted by atomic mass is 35.5.